The summed E-state index contributed by atoms with van der Waals surface area (Å²) in [7, 11) is 0. The SMILES string of the molecule is CC.CC1CC(C)OC(CO)C1. The molecule has 0 aromatic rings. The quantitative estimate of drug-likeness (QED) is 0.660. The van der Waals surface area contributed by atoms with E-state index in [1.165, 1.54) is 0 Å². The van der Waals surface area contributed by atoms with Crippen LogP contribution in [0.25, 0.3) is 0 Å². The predicted molar refractivity (Wildman–Crippen MR) is 51.2 cm³/mol. The van der Waals surface area contributed by atoms with Gasteiger partial charge in [0.2, 0.25) is 0 Å². The molecule has 3 atom stereocenters. The van der Waals surface area contributed by atoms with E-state index in [-0.39, 0.29) is 12.7 Å². The maximum Gasteiger partial charge on any atom is 0.0811 e. The average molecular weight is 174 g/mol. The third-order valence-electron chi connectivity index (χ3n) is 2.03. The van der Waals surface area contributed by atoms with E-state index in [0.717, 1.165) is 12.8 Å². The van der Waals surface area contributed by atoms with Gasteiger partial charge in [-0.1, -0.05) is 20.8 Å². The van der Waals surface area contributed by atoms with E-state index in [0.29, 0.717) is 12.0 Å². The Morgan fingerprint density at radius 3 is 2.25 bits per heavy atom. The van der Waals surface area contributed by atoms with E-state index in [9.17, 15) is 0 Å². The molecule has 0 amide bonds. The van der Waals surface area contributed by atoms with Crippen LogP contribution in [0.2, 0.25) is 0 Å². The minimum absolute atomic E-state index is 0.0961. The Morgan fingerprint density at radius 2 is 1.83 bits per heavy atom. The molecule has 1 heterocycles. The van der Waals surface area contributed by atoms with Gasteiger partial charge in [-0.05, 0) is 25.7 Å². The van der Waals surface area contributed by atoms with Gasteiger partial charge in [0, 0.05) is 0 Å². The van der Waals surface area contributed by atoms with Crippen LogP contribution in [0, 0.1) is 5.92 Å². The number of hydrogen-bond donors (Lipinski definition) is 1. The van der Waals surface area contributed by atoms with Gasteiger partial charge in [-0.3, -0.25) is 0 Å². The van der Waals surface area contributed by atoms with Crippen molar-refractivity contribution in [3.05, 3.63) is 0 Å². The van der Waals surface area contributed by atoms with Crippen molar-refractivity contribution >= 4 is 0 Å². The molecule has 0 bridgehead atoms. The molecular weight excluding hydrogens is 152 g/mol. The van der Waals surface area contributed by atoms with Gasteiger partial charge in [0.15, 0.2) is 0 Å². The second-order valence-corrected chi connectivity index (χ2v) is 3.33. The van der Waals surface area contributed by atoms with Crippen LogP contribution in [-0.4, -0.2) is 23.9 Å². The highest BCUT2D eigenvalue weighted by atomic mass is 16.5. The van der Waals surface area contributed by atoms with Crippen LogP contribution < -0.4 is 0 Å². The molecule has 74 valence electrons. The number of aliphatic hydroxyl groups excluding tert-OH is 1. The van der Waals surface area contributed by atoms with E-state index in [1.807, 2.05) is 13.8 Å². The smallest absolute Gasteiger partial charge is 0.0811 e. The van der Waals surface area contributed by atoms with Gasteiger partial charge in [-0.15, -0.1) is 0 Å². The molecule has 0 aromatic carbocycles. The highest BCUT2D eigenvalue weighted by Crippen LogP contribution is 2.23. The molecule has 1 saturated heterocycles. The number of aliphatic hydroxyl groups is 1. The predicted octanol–water partition coefficient (Wildman–Crippen LogP) is 2.21. The zero-order valence-electron chi connectivity index (χ0n) is 8.71. The summed E-state index contributed by atoms with van der Waals surface area (Å²) in [6.07, 6.45) is 2.58. The first-order chi connectivity index (χ1) is 5.72. The van der Waals surface area contributed by atoms with Gasteiger partial charge in [-0.2, -0.15) is 0 Å². The summed E-state index contributed by atoms with van der Waals surface area (Å²) in [6, 6.07) is 0. The molecule has 12 heavy (non-hydrogen) atoms. The first-order valence-electron chi connectivity index (χ1n) is 4.98. The van der Waals surface area contributed by atoms with Gasteiger partial charge < -0.3 is 9.84 Å². The maximum absolute atomic E-state index is 8.80. The van der Waals surface area contributed by atoms with Crippen molar-refractivity contribution in [1.29, 1.82) is 0 Å². The average Bonchev–Trinajstić information content (AvgIpc) is 2.06. The number of hydrogen-bond acceptors (Lipinski definition) is 2. The minimum atomic E-state index is 0.0961. The third-order valence-corrected chi connectivity index (χ3v) is 2.03. The maximum atomic E-state index is 8.80. The van der Waals surface area contributed by atoms with Crippen LogP contribution in [0.4, 0.5) is 0 Å². The zero-order chi connectivity index (χ0) is 9.56. The Kier molecular flexibility index (Phi) is 6.39. The van der Waals surface area contributed by atoms with Crippen LogP contribution in [0.5, 0.6) is 0 Å². The lowest BCUT2D eigenvalue weighted by atomic mass is 9.94. The third kappa shape index (κ3) is 4.07. The summed E-state index contributed by atoms with van der Waals surface area (Å²) < 4.78 is 5.46. The van der Waals surface area contributed by atoms with Gasteiger partial charge >= 0.3 is 0 Å². The summed E-state index contributed by atoms with van der Waals surface area (Å²) in [5.41, 5.74) is 0. The molecule has 1 aliphatic heterocycles. The van der Waals surface area contributed by atoms with E-state index in [2.05, 4.69) is 13.8 Å². The highest BCUT2D eigenvalue weighted by Gasteiger charge is 2.23. The van der Waals surface area contributed by atoms with Gasteiger partial charge in [-0.25, -0.2) is 0 Å². The lowest BCUT2D eigenvalue weighted by molar-refractivity contribution is -0.0797. The summed E-state index contributed by atoms with van der Waals surface area (Å²) in [4.78, 5) is 0. The van der Waals surface area contributed by atoms with Crippen molar-refractivity contribution in [3.63, 3.8) is 0 Å². The normalized spacial score (nSPS) is 35.2. The molecule has 0 saturated carbocycles. The molecule has 1 fully saturated rings. The van der Waals surface area contributed by atoms with Crippen molar-refractivity contribution in [2.75, 3.05) is 6.61 Å². The first kappa shape index (κ1) is 11.9. The molecule has 1 aliphatic rings. The van der Waals surface area contributed by atoms with Crippen LogP contribution >= 0.6 is 0 Å². The van der Waals surface area contributed by atoms with Crippen molar-refractivity contribution in [2.45, 2.75) is 52.7 Å². The molecule has 1 rings (SSSR count). The Hall–Kier alpha value is -0.0800. The van der Waals surface area contributed by atoms with Gasteiger partial charge in [0.1, 0.15) is 0 Å². The Labute approximate surface area is 75.9 Å². The second kappa shape index (κ2) is 6.44. The fourth-order valence-corrected chi connectivity index (χ4v) is 1.67. The fraction of sp³-hybridized carbons (Fsp3) is 1.00. The summed E-state index contributed by atoms with van der Waals surface area (Å²) in [6.45, 7) is 8.45. The molecule has 0 aromatic heterocycles. The standard InChI is InChI=1S/C8H16O2.C2H6/c1-6-3-7(2)10-8(4-6)5-9;1-2/h6-9H,3-5H2,1-2H3;1-2H3. The molecule has 0 aliphatic carbocycles. The number of rotatable bonds is 1. The summed E-state index contributed by atoms with van der Waals surface area (Å²) >= 11 is 0. The monoisotopic (exact) mass is 174 g/mol. The van der Waals surface area contributed by atoms with E-state index >= 15 is 0 Å². The largest absolute Gasteiger partial charge is 0.394 e. The van der Waals surface area contributed by atoms with E-state index < -0.39 is 0 Å². The van der Waals surface area contributed by atoms with Crippen LogP contribution in [0.3, 0.4) is 0 Å². The van der Waals surface area contributed by atoms with Crippen molar-refractivity contribution in [2.24, 2.45) is 5.92 Å². The molecule has 1 N–H and O–H groups in total. The Bertz CT molecular complexity index is 94.0. The molecule has 0 radical (unpaired) electrons. The first-order valence-corrected chi connectivity index (χ1v) is 4.98. The Balaban J connectivity index is 0.000000561. The van der Waals surface area contributed by atoms with Crippen molar-refractivity contribution < 1.29 is 9.84 Å². The van der Waals surface area contributed by atoms with Crippen LogP contribution in [0.1, 0.15) is 40.5 Å². The van der Waals surface area contributed by atoms with Crippen molar-refractivity contribution in [3.8, 4) is 0 Å². The fourth-order valence-electron chi connectivity index (χ4n) is 1.67. The molecule has 2 heteroatoms. The second-order valence-electron chi connectivity index (χ2n) is 3.33. The molecule has 3 unspecified atom stereocenters. The summed E-state index contributed by atoms with van der Waals surface area (Å²) in [5.74, 6) is 0.709. The lowest BCUT2D eigenvalue weighted by Gasteiger charge is -2.30. The van der Waals surface area contributed by atoms with Gasteiger partial charge in [0.05, 0.1) is 18.8 Å². The topological polar surface area (TPSA) is 29.5 Å². The number of ether oxygens (including phenoxy) is 1. The molecule has 0 spiro atoms. The molecular formula is C10H22O2. The minimum Gasteiger partial charge on any atom is -0.394 e. The summed E-state index contributed by atoms with van der Waals surface area (Å²) in [5, 5.41) is 8.80. The molecule has 2 nitrogen and oxygen atoms in total. The lowest BCUT2D eigenvalue weighted by Crippen LogP contribution is -2.32. The van der Waals surface area contributed by atoms with Crippen LogP contribution in [0.15, 0.2) is 0 Å². The van der Waals surface area contributed by atoms with Gasteiger partial charge in [0.25, 0.3) is 0 Å². The zero-order valence-corrected chi connectivity index (χ0v) is 8.71. The van der Waals surface area contributed by atoms with E-state index in [4.69, 9.17) is 9.84 Å². The Morgan fingerprint density at radius 1 is 1.25 bits per heavy atom. The van der Waals surface area contributed by atoms with Crippen LogP contribution in [-0.2, 0) is 4.74 Å². The van der Waals surface area contributed by atoms with Crippen molar-refractivity contribution in [1.82, 2.24) is 0 Å². The highest BCUT2D eigenvalue weighted by molar-refractivity contribution is 4.71. The van der Waals surface area contributed by atoms with E-state index in [1.54, 1.807) is 0 Å².